The molecule has 136 valence electrons. The number of carbonyl (C=O) groups excluding carboxylic acids is 1. The Morgan fingerprint density at radius 2 is 1.84 bits per heavy atom. The number of halogens is 3. The molecule has 1 aliphatic heterocycles. The van der Waals surface area contributed by atoms with Gasteiger partial charge in [0.2, 0.25) is 0 Å². The zero-order valence-electron chi connectivity index (χ0n) is 14.2. The van der Waals surface area contributed by atoms with Gasteiger partial charge >= 0.3 is 12.1 Å². The second-order valence-corrected chi connectivity index (χ2v) is 6.65. The lowest BCUT2D eigenvalue weighted by atomic mass is 9.80. The van der Waals surface area contributed by atoms with Gasteiger partial charge in [0.25, 0.3) is 0 Å². The molecule has 2 aliphatic rings. The van der Waals surface area contributed by atoms with Crippen molar-refractivity contribution in [3.8, 4) is 5.75 Å². The van der Waals surface area contributed by atoms with Crippen molar-refractivity contribution in [1.29, 1.82) is 0 Å². The molecule has 6 heteroatoms. The molecule has 1 aliphatic carbocycles. The van der Waals surface area contributed by atoms with Gasteiger partial charge < -0.3 is 9.64 Å². The Morgan fingerprint density at radius 3 is 2.48 bits per heavy atom. The van der Waals surface area contributed by atoms with Crippen LogP contribution in [0.25, 0.3) is 0 Å². The number of hydrogen-bond acceptors (Lipinski definition) is 2. The van der Waals surface area contributed by atoms with E-state index in [1.54, 1.807) is 19.2 Å². The molecule has 3 rings (SSSR count). The number of alkyl halides is 3. The zero-order valence-corrected chi connectivity index (χ0v) is 14.2. The first kappa shape index (κ1) is 17.8. The summed E-state index contributed by atoms with van der Waals surface area (Å²) in [5.41, 5.74) is 3.21. The van der Waals surface area contributed by atoms with Gasteiger partial charge in [-0.25, -0.2) is 0 Å². The molecule has 3 nitrogen and oxygen atoms in total. The number of methoxy groups -OCH3 is 1. The lowest BCUT2D eigenvalue weighted by Crippen LogP contribution is -2.51. The number of ether oxygens (including phenoxy) is 1. The molecular weight excluding hydrogens is 331 g/mol. The van der Waals surface area contributed by atoms with Gasteiger partial charge in [-0.2, -0.15) is 13.2 Å². The highest BCUT2D eigenvalue weighted by Crippen LogP contribution is 2.38. The van der Waals surface area contributed by atoms with Crippen LogP contribution < -0.4 is 4.74 Å². The van der Waals surface area contributed by atoms with Gasteiger partial charge in [-0.05, 0) is 61.8 Å². The minimum Gasteiger partial charge on any atom is -0.497 e. The van der Waals surface area contributed by atoms with Gasteiger partial charge in [-0.3, -0.25) is 4.79 Å². The van der Waals surface area contributed by atoms with E-state index in [-0.39, 0.29) is 6.54 Å². The summed E-state index contributed by atoms with van der Waals surface area (Å²) in [6.45, 7) is 0.151. The van der Waals surface area contributed by atoms with Gasteiger partial charge in [0, 0.05) is 6.54 Å². The van der Waals surface area contributed by atoms with Crippen LogP contribution in [-0.2, 0) is 11.2 Å². The topological polar surface area (TPSA) is 29.5 Å². The molecule has 0 fully saturated rings. The highest BCUT2D eigenvalue weighted by atomic mass is 19.4. The van der Waals surface area contributed by atoms with Crippen LogP contribution in [0.3, 0.4) is 0 Å². The van der Waals surface area contributed by atoms with Crippen molar-refractivity contribution < 1.29 is 22.7 Å². The molecular formula is C19H22F3NO2. The minimum absolute atomic E-state index is 0.151. The van der Waals surface area contributed by atoms with Gasteiger partial charge in [0.15, 0.2) is 0 Å². The molecule has 1 heterocycles. The first-order chi connectivity index (χ1) is 11.9. The Hall–Kier alpha value is -1.98. The van der Waals surface area contributed by atoms with Crippen LogP contribution in [0, 0.1) is 0 Å². The number of hydrogen-bond donors (Lipinski definition) is 0. The Bertz CT molecular complexity index is 664. The summed E-state index contributed by atoms with van der Waals surface area (Å²) in [6.07, 6.45) is -0.0562. The van der Waals surface area contributed by atoms with Crippen LogP contribution in [0.15, 0.2) is 35.4 Å². The largest absolute Gasteiger partial charge is 0.497 e. The SMILES string of the molecule is COc1ccc(CC2C3=C(CCCC3)CCN2C(=O)C(F)(F)F)cc1. The van der Waals surface area contributed by atoms with Crippen LogP contribution in [0.1, 0.15) is 37.7 Å². The van der Waals surface area contributed by atoms with Crippen molar-refractivity contribution in [2.24, 2.45) is 0 Å². The Morgan fingerprint density at radius 1 is 1.16 bits per heavy atom. The lowest BCUT2D eigenvalue weighted by Gasteiger charge is -2.41. The number of carbonyl (C=O) groups is 1. The number of amides is 1. The van der Waals surface area contributed by atoms with Crippen molar-refractivity contribution in [2.75, 3.05) is 13.7 Å². The van der Waals surface area contributed by atoms with Gasteiger partial charge in [-0.1, -0.05) is 17.7 Å². The van der Waals surface area contributed by atoms with E-state index in [1.807, 2.05) is 12.1 Å². The first-order valence-corrected chi connectivity index (χ1v) is 8.61. The fraction of sp³-hybridized carbons (Fsp3) is 0.526. The summed E-state index contributed by atoms with van der Waals surface area (Å²) in [7, 11) is 1.57. The van der Waals surface area contributed by atoms with Crippen LogP contribution >= 0.6 is 0 Å². The highest BCUT2D eigenvalue weighted by Gasteiger charge is 2.46. The molecule has 0 spiro atoms. The summed E-state index contributed by atoms with van der Waals surface area (Å²) < 4.78 is 44.3. The van der Waals surface area contributed by atoms with E-state index < -0.39 is 18.1 Å². The first-order valence-electron chi connectivity index (χ1n) is 8.61. The van der Waals surface area contributed by atoms with E-state index in [0.717, 1.165) is 41.7 Å². The third-order valence-corrected chi connectivity index (χ3v) is 5.15. The maximum Gasteiger partial charge on any atom is 0.471 e. The molecule has 0 bridgehead atoms. The van der Waals surface area contributed by atoms with Gasteiger partial charge in [0.1, 0.15) is 5.75 Å². The maximum atomic E-state index is 13.0. The molecule has 1 amide bonds. The molecule has 1 aromatic carbocycles. The van der Waals surface area contributed by atoms with Crippen molar-refractivity contribution in [3.63, 3.8) is 0 Å². The molecule has 1 aromatic rings. The number of nitrogens with zero attached hydrogens (tertiary/aromatic N) is 1. The fourth-order valence-corrected chi connectivity index (χ4v) is 3.90. The maximum absolute atomic E-state index is 13.0. The molecule has 0 aromatic heterocycles. The third-order valence-electron chi connectivity index (χ3n) is 5.15. The van der Waals surface area contributed by atoms with Gasteiger partial charge in [0.05, 0.1) is 13.2 Å². The average molecular weight is 353 g/mol. The summed E-state index contributed by atoms with van der Waals surface area (Å²) in [5, 5.41) is 0. The molecule has 1 unspecified atom stereocenters. The normalized spacial score (nSPS) is 21.1. The van der Waals surface area contributed by atoms with Crippen molar-refractivity contribution in [3.05, 3.63) is 41.0 Å². The van der Waals surface area contributed by atoms with Crippen LogP contribution in [-0.4, -0.2) is 36.7 Å². The number of benzene rings is 1. The molecule has 25 heavy (non-hydrogen) atoms. The van der Waals surface area contributed by atoms with Crippen LogP contribution in [0.5, 0.6) is 5.75 Å². The van der Waals surface area contributed by atoms with E-state index in [9.17, 15) is 18.0 Å². The van der Waals surface area contributed by atoms with Crippen molar-refractivity contribution >= 4 is 5.91 Å². The highest BCUT2D eigenvalue weighted by molar-refractivity contribution is 5.82. The van der Waals surface area contributed by atoms with E-state index in [0.29, 0.717) is 18.6 Å². The van der Waals surface area contributed by atoms with E-state index in [4.69, 9.17) is 4.74 Å². The van der Waals surface area contributed by atoms with Crippen molar-refractivity contribution in [2.45, 2.75) is 50.7 Å². The minimum atomic E-state index is -4.83. The monoisotopic (exact) mass is 353 g/mol. The van der Waals surface area contributed by atoms with Crippen LogP contribution in [0.4, 0.5) is 13.2 Å². The smallest absolute Gasteiger partial charge is 0.471 e. The lowest BCUT2D eigenvalue weighted by molar-refractivity contribution is -0.187. The van der Waals surface area contributed by atoms with E-state index >= 15 is 0 Å². The van der Waals surface area contributed by atoms with Crippen LogP contribution in [0.2, 0.25) is 0 Å². The molecule has 1 atom stereocenters. The molecule has 0 radical (unpaired) electrons. The third kappa shape index (κ3) is 3.83. The molecule has 0 N–H and O–H groups in total. The summed E-state index contributed by atoms with van der Waals surface area (Å²) in [5.74, 6) is -1.02. The summed E-state index contributed by atoms with van der Waals surface area (Å²) >= 11 is 0. The number of rotatable bonds is 3. The average Bonchev–Trinajstić information content (AvgIpc) is 2.61. The second kappa shape index (κ2) is 7.10. The Balaban J connectivity index is 1.90. The summed E-state index contributed by atoms with van der Waals surface area (Å²) in [6, 6.07) is 6.81. The molecule has 0 saturated carbocycles. The fourth-order valence-electron chi connectivity index (χ4n) is 3.90. The standard InChI is InChI=1S/C19H22F3NO2/c1-25-15-8-6-13(7-9-15)12-17-16-5-3-2-4-14(16)10-11-23(17)18(24)19(20,21)22/h6-9,17H,2-5,10-12H2,1H3. The Labute approximate surface area is 145 Å². The van der Waals surface area contributed by atoms with Gasteiger partial charge in [-0.15, -0.1) is 0 Å². The predicted molar refractivity (Wildman–Crippen MR) is 88.4 cm³/mol. The quantitative estimate of drug-likeness (QED) is 0.760. The predicted octanol–water partition coefficient (Wildman–Crippen LogP) is 4.27. The zero-order chi connectivity index (χ0) is 18.0. The van der Waals surface area contributed by atoms with Crippen molar-refractivity contribution in [1.82, 2.24) is 4.90 Å². The molecule has 0 saturated heterocycles. The summed E-state index contributed by atoms with van der Waals surface area (Å²) in [4.78, 5) is 13.0. The van der Waals surface area contributed by atoms with E-state index in [2.05, 4.69) is 0 Å². The Kier molecular flexibility index (Phi) is 5.06. The second-order valence-electron chi connectivity index (χ2n) is 6.65. The van der Waals surface area contributed by atoms with E-state index in [1.165, 1.54) is 5.57 Å².